The maximum absolute atomic E-state index is 11.3. The van der Waals surface area contributed by atoms with Gasteiger partial charge in [0, 0.05) is 18.3 Å². The molecule has 0 aliphatic heterocycles. The van der Waals surface area contributed by atoms with Gasteiger partial charge in [-0.15, -0.1) is 0 Å². The van der Waals surface area contributed by atoms with Crippen LogP contribution in [-0.4, -0.2) is 28.2 Å². The summed E-state index contributed by atoms with van der Waals surface area (Å²) in [4.78, 5) is 11.3. The fraction of sp³-hybridized carbons (Fsp3) is 0.500. The van der Waals surface area contributed by atoms with Crippen LogP contribution in [0.15, 0.2) is 12.3 Å². The highest BCUT2D eigenvalue weighted by Crippen LogP contribution is 1.95. The van der Waals surface area contributed by atoms with E-state index in [1.54, 1.807) is 6.07 Å². The van der Waals surface area contributed by atoms with Crippen molar-refractivity contribution in [1.29, 1.82) is 0 Å². The molecule has 0 aliphatic carbocycles. The average molecular weight is 182 g/mol. The second kappa shape index (κ2) is 3.57. The van der Waals surface area contributed by atoms with E-state index in [-0.39, 0.29) is 5.91 Å². The summed E-state index contributed by atoms with van der Waals surface area (Å²) in [5.74, 6) is -0.184. The Kier molecular flexibility index (Phi) is 2.67. The van der Waals surface area contributed by atoms with Gasteiger partial charge in [-0.2, -0.15) is 5.10 Å². The van der Waals surface area contributed by atoms with E-state index in [9.17, 15) is 4.79 Å². The number of H-pyrrole nitrogens is 1. The van der Waals surface area contributed by atoms with Gasteiger partial charge in [0.25, 0.3) is 5.91 Å². The van der Waals surface area contributed by atoms with E-state index in [0.29, 0.717) is 12.2 Å². The summed E-state index contributed by atoms with van der Waals surface area (Å²) >= 11 is 0. The van der Waals surface area contributed by atoms with Crippen LogP contribution in [0.5, 0.6) is 0 Å². The number of nitrogens with two attached hydrogens (primary N) is 1. The molecule has 0 radical (unpaired) electrons. The summed E-state index contributed by atoms with van der Waals surface area (Å²) in [5, 5.41) is 8.93. The van der Waals surface area contributed by atoms with Gasteiger partial charge in [0.15, 0.2) is 0 Å². The second-order valence-electron chi connectivity index (χ2n) is 3.64. The number of hydrogen-bond acceptors (Lipinski definition) is 3. The van der Waals surface area contributed by atoms with Gasteiger partial charge < -0.3 is 11.1 Å². The van der Waals surface area contributed by atoms with Crippen LogP contribution in [0.4, 0.5) is 0 Å². The lowest BCUT2D eigenvalue weighted by molar-refractivity contribution is 0.0941. The third-order valence-electron chi connectivity index (χ3n) is 1.45. The Hall–Kier alpha value is -1.36. The molecular weight excluding hydrogens is 168 g/mol. The van der Waals surface area contributed by atoms with Gasteiger partial charge in [-0.3, -0.25) is 9.89 Å². The van der Waals surface area contributed by atoms with Crippen molar-refractivity contribution in [3.8, 4) is 0 Å². The molecule has 0 bridgehead atoms. The predicted octanol–water partition coefficient (Wildman–Crippen LogP) is -0.123. The van der Waals surface area contributed by atoms with E-state index in [2.05, 4.69) is 15.5 Å². The Morgan fingerprint density at radius 1 is 1.77 bits per heavy atom. The summed E-state index contributed by atoms with van der Waals surface area (Å²) in [6.45, 7) is 4.13. The van der Waals surface area contributed by atoms with Crippen LogP contribution in [0.2, 0.25) is 0 Å². The molecule has 4 N–H and O–H groups in total. The van der Waals surface area contributed by atoms with Gasteiger partial charge in [0.05, 0.1) is 0 Å². The van der Waals surface area contributed by atoms with E-state index >= 15 is 0 Å². The van der Waals surface area contributed by atoms with Gasteiger partial charge in [0.2, 0.25) is 0 Å². The fourth-order valence-electron chi connectivity index (χ4n) is 0.786. The minimum Gasteiger partial charge on any atom is -0.349 e. The van der Waals surface area contributed by atoms with Crippen molar-refractivity contribution in [2.75, 3.05) is 6.54 Å². The van der Waals surface area contributed by atoms with Crippen LogP contribution in [0, 0.1) is 0 Å². The van der Waals surface area contributed by atoms with E-state index in [1.807, 2.05) is 13.8 Å². The molecule has 5 nitrogen and oxygen atoms in total. The molecule has 0 unspecified atom stereocenters. The summed E-state index contributed by atoms with van der Waals surface area (Å²) in [6.07, 6.45) is 1.53. The highest BCUT2D eigenvalue weighted by Gasteiger charge is 2.13. The monoisotopic (exact) mass is 182 g/mol. The number of rotatable bonds is 3. The first-order chi connectivity index (χ1) is 5.99. The van der Waals surface area contributed by atoms with Crippen LogP contribution in [0.3, 0.4) is 0 Å². The molecule has 0 fully saturated rings. The van der Waals surface area contributed by atoms with Crippen molar-refractivity contribution in [2.45, 2.75) is 19.4 Å². The molecule has 0 atom stereocenters. The first-order valence-corrected chi connectivity index (χ1v) is 4.05. The molecule has 0 spiro atoms. The zero-order valence-corrected chi connectivity index (χ0v) is 7.79. The van der Waals surface area contributed by atoms with Crippen molar-refractivity contribution in [2.24, 2.45) is 5.73 Å². The quantitative estimate of drug-likeness (QED) is 0.609. The maximum Gasteiger partial charge on any atom is 0.269 e. The number of aromatic amines is 1. The number of carbonyl (C=O) groups is 1. The van der Waals surface area contributed by atoms with Crippen molar-refractivity contribution >= 4 is 5.91 Å². The molecule has 1 aromatic rings. The number of amides is 1. The summed E-state index contributed by atoms with van der Waals surface area (Å²) in [6, 6.07) is 1.61. The lowest BCUT2D eigenvalue weighted by Gasteiger charge is -2.18. The van der Waals surface area contributed by atoms with Crippen molar-refractivity contribution < 1.29 is 4.79 Å². The molecular formula is C8H14N4O. The Balaban J connectivity index is 2.44. The number of aromatic nitrogens is 2. The summed E-state index contributed by atoms with van der Waals surface area (Å²) < 4.78 is 0. The molecule has 0 saturated heterocycles. The Labute approximate surface area is 76.7 Å². The Bertz CT molecular complexity index is 273. The fourth-order valence-corrected chi connectivity index (χ4v) is 0.786. The molecule has 1 amide bonds. The molecule has 13 heavy (non-hydrogen) atoms. The number of carbonyl (C=O) groups excluding carboxylic acids is 1. The van der Waals surface area contributed by atoms with E-state index in [0.717, 1.165) is 0 Å². The highest BCUT2D eigenvalue weighted by atomic mass is 16.1. The lowest BCUT2D eigenvalue weighted by atomic mass is 10.1. The van der Waals surface area contributed by atoms with Crippen LogP contribution in [0.1, 0.15) is 24.3 Å². The number of hydrogen-bond donors (Lipinski definition) is 3. The Morgan fingerprint density at radius 3 is 2.92 bits per heavy atom. The van der Waals surface area contributed by atoms with Crippen molar-refractivity contribution in [1.82, 2.24) is 15.5 Å². The zero-order chi connectivity index (χ0) is 9.90. The molecule has 0 aliphatic rings. The van der Waals surface area contributed by atoms with Crippen LogP contribution < -0.4 is 11.1 Å². The minimum atomic E-state index is -0.393. The lowest BCUT2D eigenvalue weighted by Crippen LogP contribution is -2.45. The predicted molar refractivity (Wildman–Crippen MR) is 49.2 cm³/mol. The van der Waals surface area contributed by atoms with Gasteiger partial charge in [0.1, 0.15) is 5.69 Å². The molecule has 1 heterocycles. The van der Waals surface area contributed by atoms with E-state index in [4.69, 9.17) is 5.73 Å². The van der Waals surface area contributed by atoms with Gasteiger partial charge in [-0.05, 0) is 19.9 Å². The third-order valence-corrected chi connectivity index (χ3v) is 1.45. The third kappa shape index (κ3) is 3.25. The second-order valence-corrected chi connectivity index (χ2v) is 3.64. The maximum atomic E-state index is 11.3. The minimum absolute atomic E-state index is 0.184. The van der Waals surface area contributed by atoms with E-state index < -0.39 is 5.54 Å². The number of nitrogens with one attached hydrogen (secondary N) is 2. The highest BCUT2D eigenvalue weighted by molar-refractivity contribution is 5.92. The SMILES string of the molecule is CC(C)(N)CNC(=O)c1ccn[nH]1. The first kappa shape index (κ1) is 9.73. The topological polar surface area (TPSA) is 83.8 Å². The van der Waals surface area contributed by atoms with Crippen LogP contribution in [-0.2, 0) is 0 Å². The van der Waals surface area contributed by atoms with Gasteiger partial charge >= 0.3 is 0 Å². The first-order valence-electron chi connectivity index (χ1n) is 4.05. The van der Waals surface area contributed by atoms with Crippen molar-refractivity contribution in [3.63, 3.8) is 0 Å². The number of nitrogens with zero attached hydrogens (tertiary/aromatic N) is 1. The molecule has 1 rings (SSSR count). The van der Waals surface area contributed by atoms with Gasteiger partial charge in [-0.25, -0.2) is 0 Å². The molecule has 0 aromatic carbocycles. The van der Waals surface area contributed by atoms with Crippen molar-refractivity contribution in [3.05, 3.63) is 18.0 Å². The molecule has 0 saturated carbocycles. The average Bonchev–Trinajstić information content (AvgIpc) is 2.50. The van der Waals surface area contributed by atoms with Crippen LogP contribution in [0.25, 0.3) is 0 Å². The molecule has 5 heteroatoms. The molecule has 72 valence electrons. The smallest absolute Gasteiger partial charge is 0.269 e. The van der Waals surface area contributed by atoms with Crippen LogP contribution >= 0.6 is 0 Å². The molecule has 1 aromatic heterocycles. The van der Waals surface area contributed by atoms with E-state index in [1.165, 1.54) is 6.20 Å². The Morgan fingerprint density at radius 2 is 2.46 bits per heavy atom. The standard InChI is InChI=1S/C8H14N4O/c1-8(2,9)5-10-7(13)6-3-4-11-12-6/h3-4H,5,9H2,1-2H3,(H,10,13)(H,11,12). The van der Waals surface area contributed by atoms with Gasteiger partial charge in [-0.1, -0.05) is 0 Å². The zero-order valence-electron chi connectivity index (χ0n) is 7.79. The summed E-state index contributed by atoms with van der Waals surface area (Å²) in [7, 11) is 0. The normalized spacial score (nSPS) is 11.3. The largest absolute Gasteiger partial charge is 0.349 e. The summed E-state index contributed by atoms with van der Waals surface area (Å²) in [5.41, 5.74) is 5.75.